The number of likely N-dealkylation sites (N-methyl/N-ethyl adjacent to an activating group) is 1. The van der Waals surface area contributed by atoms with Gasteiger partial charge in [0, 0.05) is 30.4 Å². The van der Waals surface area contributed by atoms with Gasteiger partial charge in [-0.15, -0.1) is 0 Å². The quantitative estimate of drug-likeness (QED) is 0.761. The lowest BCUT2D eigenvalue weighted by Crippen LogP contribution is -2.37. The maximum atomic E-state index is 10.8. The van der Waals surface area contributed by atoms with E-state index < -0.39 is 0 Å². The summed E-state index contributed by atoms with van der Waals surface area (Å²) >= 11 is 0. The van der Waals surface area contributed by atoms with Crippen molar-refractivity contribution in [3.05, 3.63) is 29.3 Å². The molecular weight excluding hydrogens is 236 g/mol. The van der Waals surface area contributed by atoms with Gasteiger partial charge in [-0.05, 0) is 50.2 Å². The smallest absolute Gasteiger partial charge is 0.150 e. The van der Waals surface area contributed by atoms with Crippen LogP contribution in [0.4, 0.5) is 5.69 Å². The number of hydrogen-bond acceptors (Lipinski definition) is 3. The van der Waals surface area contributed by atoms with Gasteiger partial charge in [0.15, 0.2) is 0 Å². The Morgan fingerprint density at radius 3 is 2.68 bits per heavy atom. The zero-order valence-corrected chi connectivity index (χ0v) is 12.2. The number of carbonyl (C=O) groups excluding carboxylic acids is 1. The van der Waals surface area contributed by atoms with Gasteiger partial charge in [0.05, 0.1) is 0 Å². The molecule has 0 spiro atoms. The van der Waals surface area contributed by atoms with Crippen LogP contribution in [0.3, 0.4) is 0 Å². The average molecular weight is 260 g/mol. The molecule has 19 heavy (non-hydrogen) atoms. The highest BCUT2D eigenvalue weighted by molar-refractivity contribution is 5.77. The van der Waals surface area contributed by atoms with Crippen LogP contribution >= 0.6 is 0 Å². The van der Waals surface area contributed by atoms with E-state index in [9.17, 15) is 4.79 Å². The van der Waals surface area contributed by atoms with Crippen molar-refractivity contribution in [1.82, 2.24) is 4.90 Å². The third-order valence-electron chi connectivity index (χ3n) is 4.19. The Hall–Kier alpha value is -1.35. The zero-order chi connectivity index (χ0) is 13.8. The van der Waals surface area contributed by atoms with Crippen LogP contribution in [0.25, 0.3) is 0 Å². The maximum absolute atomic E-state index is 10.8. The first-order valence-corrected chi connectivity index (χ1v) is 7.24. The Balaban J connectivity index is 2.10. The Bertz CT molecular complexity index is 440. The van der Waals surface area contributed by atoms with Crippen LogP contribution < -0.4 is 4.90 Å². The second kappa shape index (κ2) is 6.20. The predicted octanol–water partition coefficient (Wildman–Crippen LogP) is 2.73. The highest BCUT2D eigenvalue weighted by Crippen LogP contribution is 2.26. The Morgan fingerprint density at radius 2 is 2.11 bits per heavy atom. The van der Waals surface area contributed by atoms with Gasteiger partial charge < -0.3 is 4.90 Å². The van der Waals surface area contributed by atoms with Crippen molar-refractivity contribution < 1.29 is 4.79 Å². The molecule has 0 aliphatic carbocycles. The summed E-state index contributed by atoms with van der Waals surface area (Å²) in [5, 5.41) is 0. The molecule has 3 nitrogen and oxygen atoms in total. The van der Waals surface area contributed by atoms with Crippen LogP contribution in [0.2, 0.25) is 0 Å². The molecular formula is C16H24N2O. The fourth-order valence-corrected chi connectivity index (χ4v) is 3.11. The summed E-state index contributed by atoms with van der Waals surface area (Å²) < 4.78 is 0. The Kier molecular flexibility index (Phi) is 4.59. The molecule has 1 unspecified atom stereocenters. The molecule has 1 fully saturated rings. The first kappa shape index (κ1) is 14.1. The van der Waals surface area contributed by atoms with Crippen LogP contribution in [-0.2, 0) is 0 Å². The predicted molar refractivity (Wildman–Crippen MR) is 80.1 cm³/mol. The summed E-state index contributed by atoms with van der Waals surface area (Å²) in [5.74, 6) is 0. The molecule has 0 amide bonds. The Morgan fingerprint density at radius 1 is 1.37 bits per heavy atom. The summed E-state index contributed by atoms with van der Waals surface area (Å²) in [6.45, 7) is 11.0. The van der Waals surface area contributed by atoms with Gasteiger partial charge in [-0.3, -0.25) is 9.69 Å². The first-order chi connectivity index (χ1) is 9.19. The van der Waals surface area contributed by atoms with Crippen LogP contribution in [0.1, 0.15) is 36.2 Å². The molecule has 1 heterocycles. The van der Waals surface area contributed by atoms with Gasteiger partial charge in [-0.2, -0.15) is 0 Å². The molecule has 104 valence electrons. The number of aryl methyl sites for hydroxylation is 1. The molecule has 0 bridgehead atoms. The average Bonchev–Trinajstić information content (AvgIpc) is 2.89. The van der Waals surface area contributed by atoms with Crippen LogP contribution in [0.5, 0.6) is 0 Å². The van der Waals surface area contributed by atoms with E-state index in [1.807, 2.05) is 12.1 Å². The molecule has 1 aliphatic rings. The fourth-order valence-electron chi connectivity index (χ4n) is 3.11. The van der Waals surface area contributed by atoms with E-state index in [4.69, 9.17) is 0 Å². The third-order valence-corrected chi connectivity index (χ3v) is 4.19. The number of carbonyl (C=O) groups is 1. The lowest BCUT2D eigenvalue weighted by Gasteiger charge is -2.27. The van der Waals surface area contributed by atoms with Crippen molar-refractivity contribution in [3.63, 3.8) is 0 Å². The van der Waals surface area contributed by atoms with Crippen molar-refractivity contribution in [1.29, 1.82) is 0 Å². The van der Waals surface area contributed by atoms with Crippen molar-refractivity contribution in [2.24, 2.45) is 0 Å². The van der Waals surface area contributed by atoms with Crippen LogP contribution in [-0.4, -0.2) is 43.4 Å². The molecule has 1 atom stereocenters. The van der Waals surface area contributed by atoms with E-state index in [1.54, 1.807) is 0 Å². The SMILES string of the molecule is CCN(CC)C1CCN(c2ccc(C=O)cc2C)C1. The van der Waals surface area contributed by atoms with E-state index in [0.29, 0.717) is 6.04 Å². The second-order valence-electron chi connectivity index (χ2n) is 5.27. The molecule has 2 rings (SSSR count). The van der Waals surface area contributed by atoms with E-state index in [0.717, 1.165) is 38.0 Å². The molecule has 0 radical (unpaired) electrons. The lowest BCUT2D eigenvalue weighted by molar-refractivity contribution is 0.112. The molecule has 1 aliphatic heterocycles. The van der Waals surface area contributed by atoms with Gasteiger partial charge >= 0.3 is 0 Å². The summed E-state index contributed by atoms with van der Waals surface area (Å²) in [6.07, 6.45) is 2.15. The minimum atomic E-state index is 0.667. The summed E-state index contributed by atoms with van der Waals surface area (Å²) in [5.41, 5.74) is 3.24. The third kappa shape index (κ3) is 2.98. The van der Waals surface area contributed by atoms with Gasteiger partial charge in [-0.1, -0.05) is 13.8 Å². The van der Waals surface area contributed by atoms with Crippen molar-refractivity contribution in [2.45, 2.75) is 33.2 Å². The molecule has 3 heteroatoms. The number of hydrogen-bond donors (Lipinski definition) is 0. The van der Waals surface area contributed by atoms with Crippen molar-refractivity contribution in [3.8, 4) is 0 Å². The molecule has 0 saturated carbocycles. The van der Waals surface area contributed by atoms with Crippen LogP contribution in [0, 0.1) is 6.92 Å². The molecule has 0 N–H and O–H groups in total. The maximum Gasteiger partial charge on any atom is 0.150 e. The summed E-state index contributed by atoms with van der Waals surface area (Å²) in [4.78, 5) is 15.8. The molecule has 1 saturated heterocycles. The zero-order valence-electron chi connectivity index (χ0n) is 12.2. The topological polar surface area (TPSA) is 23.6 Å². The summed E-state index contributed by atoms with van der Waals surface area (Å²) in [7, 11) is 0. The minimum absolute atomic E-state index is 0.667. The number of nitrogens with zero attached hydrogens (tertiary/aromatic N) is 2. The molecule has 1 aromatic carbocycles. The minimum Gasteiger partial charge on any atom is -0.370 e. The number of benzene rings is 1. The number of aldehydes is 1. The van der Waals surface area contributed by atoms with Gasteiger partial charge in [0.25, 0.3) is 0 Å². The largest absolute Gasteiger partial charge is 0.370 e. The monoisotopic (exact) mass is 260 g/mol. The standard InChI is InChI=1S/C16H24N2O/c1-4-17(5-2)15-8-9-18(11-15)16-7-6-14(12-19)10-13(16)3/h6-7,10,12,15H,4-5,8-9,11H2,1-3H3. The van der Waals surface area contributed by atoms with E-state index in [-0.39, 0.29) is 0 Å². The van der Waals surface area contributed by atoms with Crippen molar-refractivity contribution in [2.75, 3.05) is 31.1 Å². The van der Waals surface area contributed by atoms with Gasteiger partial charge in [0.2, 0.25) is 0 Å². The highest BCUT2D eigenvalue weighted by atomic mass is 16.1. The normalized spacial score (nSPS) is 19.2. The van der Waals surface area contributed by atoms with E-state index >= 15 is 0 Å². The first-order valence-electron chi connectivity index (χ1n) is 7.24. The summed E-state index contributed by atoms with van der Waals surface area (Å²) in [6, 6.07) is 6.65. The molecule has 0 aromatic heterocycles. The molecule has 1 aromatic rings. The Labute approximate surface area is 116 Å². The van der Waals surface area contributed by atoms with Gasteiger partial charge in [0.1, 0.15) is 6.29 Å². The van der Waals surface area contributed by atoms with Gasteiger partial charge in [-0.25, -0.2) is 0 Å². The van der Waals surface area contributed by atoms with E-state index in [1.165, 1.54) is 17.7 Å². The lowest BCUT2D eigenvalue weighted by atomic mass is 10.1. The van der Waals surface area contributed by atoms with Crippen molar-refractivity contribution >= 4 is 12.0 Å². The number of anilines is 1. The van der Waals surface area contributed by atoms with E-state index in [2.05, 4.69) is 36.6 Å². The second-order valence-corrected chi connectivity index (χ2v) is 5.27. The number of rotatable bonds is 5. The van der Waals surface area contributed by atoms with Crippen LogP contribution in [0.15, 0.2) is 18.2 Å². The fraction of sp³-hybridized carbons (Fsp3) is 0.562. The highest BCUT2D eigenvalue weighted by Gasteiger charge is 2.26.